The fourth-order valence-electron chi connectivity index (χ4n) is 2.51. The Balaban J connectivity index is 1.53. The zero-order valence-corrected chi connectivity index (χ0v) is 15.7. The number of benzene rings is 2. The first-order valence-corrected chi connectivity index (χ1v) is 8.96. The fourth-order valence-corrected chi connectivity index (χ4v) is 2.51. The predicted molar refractivity (Wildman–Crippen MR) is 112 cm³/mol. The number of nitrogens with one attached hydrogen (secondary N) is 3. The van der Waals surface area contributed by atoms with Crippen LogP contribution in [0.2, 0.25) is 0 Å². The Bertz CT molecular complexity index is 983. The molecule has 7 heteroatoms. The van der Waals surface area contributed by atoms with Crippen LogP contribution in [-0.4, -0.2) is 25.0 Å². The maximum absolute atomic E-state index is 12.2. The van der Waals surface area contributed by atoms with Crippen molar-refractivity contribution in [3.8, 4) is 5.75 Å². The smallest absolute Gasteiger partial charge is 0.291 e. The molecule has 3 N–H and O–H groups in total. The third-order valence-electron chi connectivity index (χ3n) is 3.80. The van der Waals surface area contributed by atoms with Crippen molar-refractivity contribution in [3.05, 3.63) is 85.3 Å². The van der Waals surface area contributed by atoms with Gasteiger partial charge in [-0.1, -0.05) is 24.8 Å². The van der Waals surface area contributed by atoms with Crippen LogP contribution in [0.3, 0.4) is 0 Å². The van der Waals surface area contributed by atoms with Gasteiger partial charge in [-0.2, -0.15) is 0 Å². The van der Waals surface area contributed by atoms with E-state index in [1.807, 2.05) is 24.3 Å². The monoisotopic (exact) mass is 391 g/mol. The number of ether oxygens (including phenoxy) is 1. The Labute approximate surface area is 168 Å². The Morgan fingerprint density at radius 1 is 0.966 bits per heavy atom. The first-order chi connectivity index (χ1) is 14.1. The van der Waals surface area contributed by atoms with E-state index >= 15 is 0 Å². The summed E-state index contributed by atoms with van der Waals surface area (Å²) >= 11 is 0. The zero-order valence-electron chi connectivity index (χ0n) is 15.7. The SMILES string of the molecule is C=CCOc1cccc(NCC(=O)Nc2cccc(NC(=O)c3ccco3)c2)c1. The quantitative estimate of drug-likeness (QED) is 0.477. The molecule has 2 aromatic carbocycles. The summed E-state index contributed by atoms with van der Waals surface area (Å²) < 4.78 is 10.5. The molecule has 0 saturated heterocycles. The molecule has 148 valence electrons. The van der Waals surface area contributed by atoms with Gasteiger partial charge < -0.3 is 25.1 Å². The molecule has 0 aliphatic heterocycles. The molecule has 1 heterocycles. The molecule has 0 aliphatic carbocycles. The van der Waals surface area contributed by atoms with Gasteiger partial charge in [0.25, 0.3) is 5.91 Å². The summed E-state index contributed by atoms with van der Waals surface area (Å²) in [5.74, 6) is 0.314. The van der Waals surface area contributed by atoms with E-state index in [-0.39, 0.29) is 24.1 Å². The maximum Gasteiger partial charge on any atom is 0.291 e. The average Bonchev–Trinajstić information content (AvgIpc) is 3.26. The molecule has 0 fully saturated rings. The van der Waals surface area contributed by atoms with E-state index in [1.54, 1.807) is 42.5 Å². The van der Waals surface area contributed by atoms with Gasteiger partial charge >= 0.3 is 0 Å². The molecule has 0 bridgehead atoms. The number of carbonyl (C=O) groups is 2. The summed E-state index contributed by atoms with van der Waals surface area (Å²) in [6.45, 7) is 4.10. The van der Waals surface area contributed by atoms with Crippen LogP contribution in [0, 0.1) is 0 Å². The van der Waals surface area contributed by atoms with Crippen molar-refractivity contribution < 1.29 is 18.7 Å². The molecule has 3 aromatic rings. The van der Waals surface area contributed by atoms with E-state index in [4.69, 9.17) is 9.15 Å². The first-order valence-electron chi connectivity index (χ1n) is 8.96. The number of furan rings is 1. The summed E-state index contributed by atoms with van der Waals surface area (Å²) in [5.41, 5.74) is 1.88. The summed E-state index contributed by atoms with van der Waals surface area (Å²) in [6.07, 6.45) is 3.10. The maximum atomic E-state index is 12.2. The molecule has 0 saturated carbocycles. The summed E-state index contributed by atoms with van der Waals surface area (Å²) in [4.78, 5) is 24.3. The Morgan fingerprint density at radius 2 is 1.72 bits per heavy atom. The van der Waals surface area contributed by atoms with Crippen LogP contribution >= 0.6 is 0 Å². The van der Waals surface area contributed by atoms with Crippen LogP contribution in [0.1, 0.15) is 10.6 Å². The summed E-state index contributed by atoms with van der Waals surface area (Å²) in [5, 5.41) is 8.55. The second kappa shape index (κ2) is 9.80. The number of rotatable bonds is 9. The van der Waals surface area contributed by atoms with Gasteiger partial charge in [-0.05, 0) is 42.5 Å². The van der Waals surface area contributed by atoms with E-state index in [2.05, 4.69) is 22.5 Å². The number of hydrogen-bond donors (Lipinski definition) is 3. The van der Waals surface area contributed by atoms with Crippen LogP contribution in [-0.2, 0) is 4.79 Å². The van der Waals surface area contributed by atoms with Gasteiger partial charge in [0.2, 0.25) is 5.91 Å². The zero-order chi connectivity index (χ0) is 20.5. The van der Waals surface area contributed by atoms with Crippen molar-refractivity contribution in [3.63, 3.8) is 0 Å². The molecule has 1 aromatic heterocycles. The van der Waals surface area contributed by atoms with Crippen LogP contribution in [0.4, 0.5) is 17.1 Å². The second-order valence-corrected chi connectivity index (χ2v) is 6.04. The highest BCUT2D eigenvalue weighted by molar-refractivity contribution is 6.02. The van der Waals surface area contributed by atoms with Gasteiger partial charge in [-0.3, -0.25) is 9.59 Å². The molecule has 0 atom stereocenters. The van der Waals surface area contributed by atoms with Gasteiger partial charge in [0.1, 0.15) is 12.4 Å². The van der Waals surface area contributed by atoms with Gasteiger partial charge in [-0.25, -0.2) is 0 Å². The lowest BCUT2D eigenvalue weighted by atomic mass is 10.2. The van der Waals surface area contributed by atoms with Crippen molar-refractivity contribution in [2.24, 2.45) is 0 Å². The molecular weight excluding hydrogens is 370 g/mol. The number of hydrogen-bond acceptors (Lipinski definition) is 5. The molecule has 0 spiro atoms. The molecule has 29 heavy (non-hydrogen) atoms. The van der Waals surface area contributed by atoms with Crippen LogP contribution in [0.15, 0.2) is 84.0 Å². The van der Waals surface area contributed by atoms with E-state index in [1.165, 1.54) is 6.26 Å². The molecule has 0 aliphatic rings. The van der Waals surface area contributed by atoms with Gasteiger partial charge in [0.15, 0.2) is 5.76 Å². The van der Waals surface area contributed by atoms with Crippen molar-refractivity contribution >= 4 is 28.9 Å². The van der Waals surface area contributed by atoms with Crippen LogP contribution < -0.4 is 20.7 Å². The first kappa shape index (κ1) is 19.8. The lowest BCUT2D eigenvalue weighted by molar-refractivity contribution is -0.114. The Hall–Kier alpha value is -4.00. The van der Waals surface area contributed by atoms with Gasteiger partial charge in [0.05, 0.1) is 12.8 Å². The minimum atomic E-state index is -0.362. The largest absolute Gasteiger partial charge is 0.489 e. The molecule has 3 rings (SSSR count). The summed E-state index contributed by atoms with van der Waals surface area (Å²) in [7, 11) is 0. The van der Waals surface area contributed by atoms with Crippen LogP contribution in [0.25, 0.3) is 0 Å². The van der Waals surface area contributed by atoms with E-state index in [0.29, 0.717) is 23.7 Å². The number of amides is 2. The summed E-state index contributed by atoms with van der Waals surface area (Å²) in [6, 6.07) is 17.4. The van der Waals surface area contributed by atoms with E-state index in [9.17, 15) is 9.59 Å². The molecule has 0 unspecified atom stereocenters. The molecular formula is C22H21N3O4. The highest BCUT2D eigenvalue weighted by Gasteiger charge is 2.09. The highest BCUT2D eigenvalue weighted by atomic mass is 16.5. The molecule has 0 radical (unpaired) electrons. The average molecular weight is 391 g/mol. The highest BCUT2D eigenvalue weighted by Crippen LogP contribution is 2.18. The lowest BCUT2D eigenvalue weighted by Crippen LogP contribution is -2.21. The standard InChI is InChI=1S/C22H21N3O4/c1-2-11-28-19-9-4-6-16(14-19)23-15-21(26)24-17-7-3-8-18(13-17)25-22(27)20-10-5-12-29-20/h2-10,12-14,23H,1,11,15H2,(H,24,26)(H,25,27). The van der Waals surface area contributed by atoms with E-state index in [0.717, 1.165) is 5.69 Å². The fraction of sp³-hybridized carbons (Fsp3) is 0.0909. The third-order valence-corrected chi connectivity index (χ3v) is 3.80. The third kappa shape index (κ3) is 6.00. The predicted octanol–water partition coefficient (Wildman–Crippen LogP) is 4.15. The van der Waals surface area contributed by atoms with Crippen molar-refractivity contribution in [1.82, 2.24) is 0 Å². The molecule has 7 nitrogen and oxygen atoms in total. The normalized spacial score (nSPS) is 10.1. The van der Waals surface area contributed by atoms with Crippen molar-refractivity contribution in [2.75, 3.05) is 29.1 Å². The van der Waals surface area contributed by atoms with Crippen molar-refractivity contribution in [1.29, 1.82) is 0 Å². The lowest BCUT2D eigenvalue weighted by Gasteiger charge is -2.10. The van der Waals surface area contributed by atoms with Crippen LogP contribution in [0.5, 0.6) is 5.75 Å². The minimum Gasteiger partial charge on any atom is -0.489 e. The van der Waals surface area contributed by atoms with Gasteiger partial charge in [-0.15, -0.1) is 0 Å². The topological polar surface area (TPSA) is 92.6 Å². The second-order valence-electron chi connectivity index (χ2n) is 6.04. The van der Waals surface area contributed by atoms with E-state index < -0.39 is 0 Å². The molecule has 2 amide bonds. The Morgan fingerprint density at radius 3 is 2.48 bits per heavy atom. The van der Waals surface area contributed by atoms with Crippen molar-refractivity contribution in [2.45, 2.75) is 0 Å². The number of carbonyl (C=O) groups excluding carboxylic acids is 2. The number of anilines is 3. The Kier molecular flexibility index (Phi) is 6.67. The van der Waals surface area contributed by atoms with Gasteiger partial charge in [0, 0.05) is 23.1 Å². The minimum absolute atomic E-state index is 0.0773.